The van der Waals surface area contributed by atoms with Crippen LogP contribution < -0.4 is 4.74 Å². The van der Waals surface area contributed by atoms with Crippen LogP contribution in [0.5, 0.6) is 5.75 Å². The van der Waals surface area contributed by atoms with Gasteiger partial charge in [0.2, 0.25) is 5.82 Å². The standard InChI is InChI=1S/C21H34F2O4Si/c1-5-27-18-12-11-17(19(22)20(18)23)21(13-7-6-8-14-21)15-9-10-16-28(24-2,25-3)26-4/h11-12H,5-10,13-16H2,1-4H3. The van der Waals surface area contributed by atoms with Gasteiger partial charge in [0.1, 0.15) is 0 Å². The van der Waals surface area contributed by atoms with Gasteiger partial charge in [-0.05, 0) is 49.7 Å². The first-order valence-corrected chi connectivity index (χ1v) is 12.2. The summed E-state index contributed by atoms with van der Waals surface area (Å²) < 4.78 is 51.1. The fourth-order valence-electron chi connectivity index (χ4n) is 4.45. The molecular formula is C21H34F2O4Si. The first-order valence-electron chi connectivity index (χ1n) is 10.2. The summed E-state index contributed by atoms with van der Waals surface area (Å²) in [5.41, 5.74) is 0.188. The molecule has 1 aliphatic carbocycles. The SMILES string of the molecule is CCOc1ccc(C2(CCCC[Si](OC)(OC)OC)CCCCC2)c(F)c1F. The fourth-order valence-corrected chi connectivity index (χ4v) is 6.25. The van der Waals surface area contributed by atoms with E-state index in [1.54, 1.807) is 40.4 Å². The summed E-state index contributed by atoms with van der Waals surface area (Å²) in [6.45, 7) is 2.07. The molecule has 1 fully saturated rings. The average Bonchev–Trinajstić information content (AvgIpc) is 2.73. The van der Waals surface area contributed by atoms with Crippen LogP contribution in [0.2, 0.25) is 6.04 Å². The van der Waals surface area contributed by atoms with E-state index in [-0.39, 0.29) is 11.2 Å². The van der Waals surface area contributed by atoms with Crippen LogP contribution in [0, 0.1) is 11.6 Å². The molecule has 0 bridgehead atoms. The van der Waals surface area contributed by atoms with E-state index in [2.05, 4.69) is 0 Å². The molecule has 0 unspecified atom stereocenters. The Morgan fingerprint density at radius 1 is 0.929 bits per heavy atom. The maximum absolute atomic E-state index is 15.0. The Morgan fingerprint density at radius 3 is 2.14 bits per heavy atom. The quantitative estimate of drug-likeness (QED) is 0.347. The van der Waals surface area contributed by atoms with E-state index in [0.29, 0.717) is 18.2 Å². The molecule has 1 aromatic carbocycles. The maximum atomic E-state index is 15.0. The van der Waals surface area contributed by atoms with Crippen LogP contribution in [0.3, 0.4) is 0 Å². The Labute approximate surface area is 168 Å². The van der Waals surface area contributed by atoms with Gasteiger partial charge in [-0.2, -0.15) is 4.39 Å². The number of unbranched alkanes of at least 4 members (excludes halogenated alkanes) is 1. The van der Waals surface area contributed by atoms with Crippen molar-refractivity contribution < 1.29 is 26.8 Å². The average molecular weight is 417 g/mol. The number of benzene rings is 1. The van der Waals surface area contributed by atoms with Crippen molar-refractivity contribution >= 4 is 8.80 Å². The first-order chi connectivity index (χ1) is 13.5. The second kappa shape index (κ2) is 10.7. The molecule has 1 aliphatic rings. The Hall–Kier alpha value is -1.02. The Balaban J connectivity index is 2.15. The van der Waals surface area contributed by atoms with Gasteiger partial charge in [0, 0.05) is 27.4 Å². The van der Waals surface area contributed by atoms with Gasteiger partial charge >= 0.3 is 8.80 Å². The molecule has 0 amide bonds. The van der Waals surface area contributed by atoms with Crippen molar-refractivity contribution in [2.75, 3.05) is 27.9 Å². The van der Waals surface area contributed by atoms with Crippen LogP contribution >= 0.6 is 0 Å². The Morgan fingerprint density at radius 2 is 1.57 bits per heavy atom. The molecule has 1 saturated carbocycles. The zero-order chi connectivity index (χ0) is 20.6. The molecule has 1 aromatic rings. The highest BCUT2D eigenvalue weighted by Crippen LogP contribution is 2.45. The lowest BCUT2D eigenvalue weighted by molar-refractivity contribution is 0.122. The summed E-state index contributed by atoms with van der Waals surface area (Å²) >= 11 is 0. The number of rotatable bonds is 11. The molecule has 7 heteroatoms. The summed E-state index contributed by atoms with van der Waals surface area (Å²) in [7, 11) is 2.24. The van der Waals surface area contributed by atoms with E-state index in [1.807, 2.05) is 0 Å². The van der Waals surface area contributed by atoms with Gasteiger partial charge in [-0.1, -0.05) is 31.7 Å². The third-order valence-corrected chi connectivity index (χ3v) is 8.88. The van der Waals surface area contributed by atoms with Crippen LogP contribution in [0.4, 0.5) is 8.78 Å². The highest BCUT2D eigenvalue weighted by atomic mass is 28.4. The van der Waals surface area contributed by atoms with Crippen molar-refractivity contribution in [3.8, 4) is 5.75 Å². The molecule has 0 atom stereocenters. The number of hydrogen-bond acceptors (Lipinski definition) is 4. The molecule has 0 heterocycles. The van der Waals surface area contributed by atoms with E-state index in [0.717, 1.165) is 51.4 Å². The van der Waals surface area contributed by atoms with E-state index >= 15 is 0 Å². The zero-order valence-corrected chi connectivity index (χ0v) is 18.6. The minimum absolute atomic E-state index is 0.00854. The molecule has 0 N–H and O–H groups in total. The van der Waals surface area contributed by atoms with Gasteiger partial charge in [-0.25, -0.2) is 4.39 Å². The molecule has 160 valence electrons. The lowest BCUT2D eigenvalue weighted by Crippen LogP contribution is -2.42. The van der Waals surface area contributed by atoms with Gasteiger partial charge in [-0.15, -0.1) is 0 Å². The number of halogens is 2. The summed E-state index contributed by atoms with van der Waals surface area (Å²) in [4.78, 5) is 0. The van der Waals surface area contributed by atoms with E-state index in [1.165, 1.54) is 0 Å². The summed E-state index contributed by atoms with van der Waals surface area (Å²) in [6.07, 6.45) is 7.58. The summed E-state index contributed by atoms with van der Waals surface area (Å²) in [5, 5.41) is 0. The molecule has 0 spiro atoms. The molecular weight excluding hydrogens is 382 g/mol. The predicted molar refractivity (Wildman–Crippen MR) is 108 cm³/mol. The molecule has 4 nitrogen and oxygen atoms in total. The van der Waals surface area contributed by atoms with Crippen LogP contribution in [0.1, 0.15) is 63.9 Å². The largest absolute Gasteiger partial charge is 0.500 e. The monoisotopic (exact) mass is 416 g/mol. The third-order valence-electron chi connectivity index (χ3n) is 6.05. The molecule has 0 aromatic heterocycles. The maximum Gasteiger partial charge on any atom is 0.500 e. The molecule has 28 heavy (non-hydrogen) atoms. The van der Waals surface area contributed by atoms with Gasteiger partial charge in [-0.3, -0.25) is 0 Å². The molecule has 2 rings (SSSR count). The normalized spacial score (nSPS) is 16.9. The number of ether oxygens (including phenoxy) is 1. The Bertz CT molecular complexity index is 608. The van der Waals surface area contributed by atoms with Gasteiger partial charge in [0.05, 0.1) is 6.61 Å². The lowest BCUT2D eigenvalue weighted by Gasteiger charge is -2.38. The molecule has 0 radical (unpaired) electrons. The van der Waals surface area contributed by atoms with E-state index in [9.17, 15) is 8.78 Å². The van der Waals surface area contributed by atoms with Gasteiger partial charge in [0.15, 0.2) is 11.6 Å². The van der Waals surface area contributed by atoms with Crippen molar-refractivity contribution in [3.63, 3.8) is 0 Å². The summed E-state index contributed by atoms with van der Waals surface area (Å²) in [5.74, 6) is -1.62. The van der Waals surface area contributed by atoms with Crippen molar-refractivity contribution in [2.24, 2.45) is 0 Å². The first kappa shape index (κ1) is 23.3. The van der Waals surface area contributed by atoms with Crippen LogP contribution in [0.25, 0.3) is 0 Å². The molecule has 0 saturated heterocycles. The van der Waals surface area contributed by atoms with Crippen LogP contribution in [0.15, 0.2) is 12.1 Å². The van der Waals surface area contributed by atoms with E-state index in [4.69, 9.17) is 18.0 Å². The highest BCUT2D eigenvalue weighted by molar-refractivity contribution is 6.60. The zero-order valence-electron chi connectivity index (χ0n) is 17.6. The fraction of sp³-hybridized carbons (Fsp3) is 0.714. The van der Waals surface area contributed by atoms with Crippen LogP contribution in [-0.4, -0.2) is 36.7 Å². The lowest BCUT2D eigenvalue weighted by atomic mass is 9.66. The molecule has 0 aliphatic heterocycles. The minimum atomic E-state index is -2.59. The van der Waals surface area contributed by atoms with Crippen molar-refractivity contribution in [1.29, 1.82) is 0 Å². The highest BCUT2D eigenvalue weighted by Gasteiger charge is 2.39. The van der Waals surface area contributed by atoms with Crippen LogP contribution in [-0.2, 0) is 18.7 Å². The van der Waals surface area contributed by atoms with Crippen molar-refractivity contribution in [1.82, 2.24) is 0 Å². The van der Waals surface area contributed by atoms with Crippen molar-refractivity contribution in [2.45, 2.75) is 69.7 Å². The third kappa shape index (κ3) is 5.12. The van der Waals surface area contributed by atoms with Gasteiger partial charge < -0.3 is 18.0 Å². The predicted octanol–water partition coefficient (Wildman–Crippen LogP) is 5.61. The topological polar surface area (TPSA) is 36.9 Å². The van der Waals surface area contributed by atoms with Crippen molar-refractivity contribution in [3.05, 3.63) is 29.3 Å². The second-order valence-corrected chi connectivity index (χ2v) is 10.6. The Kier molecular flexibility index (Phi) is 8.86. The number of hydrogen-bond donors (Lipinski definition) is 0. The van der Waals surface area contributed by atoms with Gasteiger partial charge in [0.25, 0.3) is 0 Å². The summed E-state index contributed by atoms with van der Waals surface area (Å²) in [6, 6.07) is 4.02. The second-order valence-electron chi connectivity index (χ2n) is 7.52. The smallest absolute Gasteiger partial charge is 0.491 e. The minimum Gasteiger partial charge on any atom is -0.491 e. The van der Waals surface area contributed by atoms with E-state index < -0.39 is 20.4 Å².